The SMILES string of the molecule is CN1C(=O)Cc2cc(C(O)c3cc(Cl)cc(Cl)c3)ccc21. The number of rotatable bonds is 2. The van der Waals surface area contributed by atoms with E-state index >= 15 is 0 Å². The zero-order valence-electron chi connectivity index (χ0n) is 11.3. The fourth-order valence-corrected chi connectivity index (χ4v) is 3.13. The number of likely N-dealkylation sites (N-methyl/N-ethyl adjacent to an activating group) is 1. The Labute approximate surface area is 132 Å². The largest absolute Gasteiger partial charge is 0.384 e. The van der Waals surface area contributed by atoms with Gasteiger partial charge in [-0.1, -0.05) is 35.3 Å². The molecule has 3 rings (SSSR count). The maximum atomic E-state index is 11.7. The van der Waals surface area contributed by atoms with Crippen LogP contribution < -0.4 is 4.90 Å². The summed E-state index contributed by atoms with van der Waals surface area (Å²) in [6, 6.07) is 10.5. The molecule has 1 aliphatic heterocycles. The second kappa shape index (κ2) is 5.34. The lowest BCUT2D eigenvalue weighted by atomic mass is 9.99. The van der Waals surface area contributed by atoms with E-state index in [0.29, 0.717) is 22.0 Å². The Hall–Kier alpha value is -1.55. The standard InChI is InChI=1S/C16H13Cl2NO2/c1-19-14-3-2-9(4-10(14)7-15(19)20)16(21)11-5-12(17)8-13(18)6-11/h2-6,8,16,21H,7H2,1H3. The predicted molar refractivity (Wildman–Crippen MR) is 84.1 cm³/mol. The van der Waals surface area contributed by atoms with E-state index in [4.69, 9.17) is 23.2 Å². The number of nitrogens with zero attached hydrogens (tertiary/aromatic N) is 1. The number of fused-ring (bicyclic) bond motifs is 1. The lowest BCUT2D eigenvalue weighted by molar-refractivity contribution is -0.117. The number of hydrogen-bond donors (Lipinski definition) is 1. The van der Waals surface area contributed by atoms with Gasteiger partial charge in [-0.3, -0.25) is 4.79 Å². The van der Waals surface area contributed by atoms with Gasteiger partial charge in [0.2, 0.25) is 5.91 Å². The molecule has 3 nitrogen and oxygen atoms in total. The maximum absolute atomic E-state index is 11.7. The minimum absolute atomic E-state index is 0.0578. The fraction of sp³-hybridized carbons (Fsp3) is 0.188. The molecule has 0 bridgehead atoms. The summed E-state index contributed by atoms with van der Waals surface area (Å²) in [5.41, 5.74) is 3.16. The van der Waals surface area contributed by atoms with Crippen LogP contribution in [0.5, 0.6) is 0 Å². The molecule has 1 amide bonds. The van der Waals surface area contributed by atoms with E-state index in [9.17, 15) is 9.90 Å². The normalized spacial score (nSPS) is 15.2. The van der Waals surface area contributed by atoms with Crippen LogP contribution >= 0.6 is 23.2 Å². The first-order valence-corrected chi connectivity index (χ1v) is 7.25. The molecule has 1 aliphatic rings. The molecule has 1 heterocycles. The van der Waals surface area contributed by atoms with Crippen molar-refractivity contribution in [1.82, 2.24) is 0 Å². The molecule has 0 aromatic heterocycles. The second-order valence-corrected chi connectivity index (χ2v) is 6.00. The van der Waals surface area contributed by atoms with Gasteiger partial charge in [0, 0.05) is 22.8 Å². The van der Waals surface area contributed by atoms with Crippen LogP contribution in [0.2, 0.25) is 10.0 Å². The van der Waals surface area contributed by atoms with Gasteiger partial charge in [-0.2, -0.15) is 0 Å². The van der Waals surface area contributed by atoms with Gasteiger partial charge in [0.25, 0.3) is 0 Å². The number of carbonyl (C=O) groups is 1. The van der Waals surface area contributed by atoms with Crippen molar-refractivity contribution in [3.8, 4) is 0 Å². The number of aliphatic hydroxyl groups excluding tert-OH is 1. The Bertz CT molecular complexity index is 710. The van der Waals surface area contributed by atoms with Crippen molar-refractivity contribution in [2.24, 2.45) is 0 Å². The van der Waals surface area contributed by atoms with Gasteiger partial charge < -0.3 is 10.0 Å². The molecule has 5 heteroatoms. The van der Waals surface area contributed by atoms with Crippen LogP contribution in [-0.4, -0.2) is 18.1 Å². The Balaban J connectivity index is 1.98. The summed E-state index contributed by atoms with van der Waals surface area (Å²) in [6.07, 6.45) is -0.463. The van der Waals surface area contributed by atoms with E-state index in [1.165, 1.54) is 0 Å². The second-order valence-electron chi connectivity index (χ2n) is 5.12. The highest BCUT2D eigenvalue weighted by Crippen LogP contribution is 2.33. The quantitative estimate of drug-likeness (QED) is 0.918. The van der Waals surface area contributed by atoms with Gasteiger partial charge in [-0.25, -0.2) is 0 Å². The Morgan fingerprint density at radius 1 is 1.10 bits per heavy atom. The van der Waals surface area contributed by atoms with Crippen LogP contribution in [0.15, 0.2) is 36.4 Å². The highest BCUT2D eigenvalue weighted by molar-refractivity contribution is 6.34. The van der Waals surface area contributed by atoms with E-state index in [1.54, 1.807) is 30.1 Å². The third kappa shape index (κ3) is 2.64. The summed E-state index contributed by atoms with van der Waals surface area (Å²) < 4.78 is 0. The molecule has 21 heavy (non-hydrogen) atoms. The number of amides is 1. The monoisotopic (exact) mass is 321 g/mol. The lowest BCUT2D eigenvalue weighted by Gasteiger charge is -2.15. The molecule has 0 radical (unpaired) electrons. The molecule has 2 aromatic rings. The van der Waals surface area contributed by atoms with Crippen molar-refractivity contribution in [1.29, 1.82) is 0 Å². The minimum atomic E-state index is -0.826. The number of halogens is 2. The maximum Gasteiger partial charge on any atom is 0.231 e. The minimum Gasteiger partial charge on any atom is -0.384 e. The van der Waals surface area contributed by atoms with Gasteiger partial charge in [-0.15, -0.1) is 0 Å². The highest BCUT2D eigenvalue weighted by atomic mass is 35.5. The van der Waals surface area contributed by atoms with Crippen LogP contribution in [0.25, 0.3) is 0 Å². The lowest BCUT2D eigenvalue weighted by Crippen LogP contribution is -2.20. The molecule has 1 unspecified atom stereocenters. The smallest absolute Gasteiger partial charge is 0.231 e. The van der Waals surface area contributed by atoms with Gasteiger partial charge in [0.1, 0.15) is 6.10 Å². The molecule has 2 aromatic carbocycles. The summed E-state index contributed by atoms with van der Waals surface area (Å²) >= 11 is 11.9. The molecular formula is C16H13Cl2NO2. The number of carbonyl (C=O) groups excluding carboxylic acids is 1. The van der Waals surface area contributed by atoms with E-state index in [1.807, 2.05) is 18.2 Å². The van der Waals surface area contributed by atoms with Crippen molar-refractivity contribution in [3.05, 3.63) is 63.1 Å². The summed E-state index contributed by atoms with van der Waals surface area (Å²) in [7, 11) is 1.75. The van der Waals surface area contributed by atoms with E-state index in [-0.39, 0.29) is 5.91 Å². The first-order valence-electron chi connectivity index (χ1n) is 6.49. The zero-order valence-corrected chi connectivity index (χ0v) is 12.8. The molecule has 0 spiro atoms. The highest BCUT2D eigenvalue weighted by Gasteiger charge is 2.25. The van der Waals surface area contributed by atoms with Crippen molar-refractivity contribution in [3.63, 3.8) is 0 Å². The van der Waals surface area contributed by atoms with Crippen LogP contribution in [0.3, 0.4) is 0 Å². The van der Waals surface area contributed by atoms with Crippen LogP contribution in [0, 0.1) is 0 Å². The first-order chi connectivity index (χ1) is 9.95. The van der Waals surface area contributed by atoms with Crippen LogP contribution in [0.4, 0.5) is 5.69 Å². The number of aliphatic hydroxyl groups is 1. The van der Waals surface area contributed by atoms with Gasteiger partial charge >= 0.3 is 0 Å². The number of anilines is 1. The molecule has 0 saturated carbocycles. The molecule has 0 aliphatic carbocycles. The van der Waals surface area contributed by atoms with Crippen molar-refractivity contribution >= 4 is 34.8 Å². The molecule has 1 N–H and O–H groups in total. The topological polar surface area (TPSA) is 40.5 Å². The summed E-state index contributed by atoms with van der Waals surface area (Å²) in [4.78, 5) is 13.3. The van der Waals surface area contributed by atoms with Crippen molar-refractivity contribution < 1.29 is 9.90 Å². The van der Waals surface area contributed by atoms with Gasteiger partial charge in [0.15, 0.2) is 0 Å². The average Bonchev–Trinajstić information content (AvgIpc) is 2.71. The molecular weight excluding hydrogens is 309 g/mol. The zero-order chi connectivity index (χ0) is 15.1. The van der Waals surface area contributed by atoms with E-state index < -0.39 is 6.10 Å². The Morgan fingerprint density at radius 3 is 2.43 bits per heavy atom. The predicted octanol–water partition coefficient (Wildman–Crippen LogP) is 3.59. The third-order valence-electron chi connectivity index (χ3n) is 3.70. The summed E-state index contributed by atoms with van der Waals surface area (Å²) in [6.45, 7) is 0. The number of benzene rings is 2. The van der Waals surface area contributed by atoms with E-state index in [2.05, 4.69) is 0 Å². The summed E-state index contributed by atoms with van der Waals surface area (Å²) in [5.74, 6) is 0.0578. The molecule has 0 saturated heterocycles. The van der Waals surface area contributed by atoms with E-state index in [0.717, 1.165) is 16.8 Å². The van der Waals surface area contributed by atoms with Crippen LogP contribution in [0.1, 0.15) is 22.8 Å². The third-order valence-corrected chi connectivity index (χ3v) is 4.13. The van der Waals surface area contributed by atoms with Crippen molar-refractivity contribution in [2.45, 2.75) is 12.5 Å². The molecule has 0 fully saturated rings. The fourth-order valence-electron chi connectivity index (χ4n) is 2.59. The van der Waals surface area contributed by atoms with Crippen LogP contribution in [-0.2, 0) is 11.2 Å². The average molecular weight is 322 g/mol. The molecule has 108 valence electrons. The Kier molecular flexibility index (Phi) is 3.66. The first kappa shape index (κ1) is 14.4. The van der Waals surface area contributed by atoms with Gasteiger partial charge in [-0.05, 0) is 41.0 Å². The molecule has 1 atom stereocenters. The Morgan fingerprint density at radius 2 is 1.76 bits per heavy atom. The summed E-state index contributed by atoms with van der Waals surface area (Å²) in [5, 5.41) is 11.4. The number of hydrogen-bond acceptors (Lipinski definition) is 2. The van der Waals surface area contributed by atoms with Gasteiger partial charge in [0.05, 0.1) is 6.42 Å². The van der Waals surface area contributed by atoms with Crippen molar-refractivity contribution in [2.75, 3.05) is 11.9 Å².